The lowest BCUT2D eigenvalue weighted by atomic mass is 9.80. The zero-order valence-corrected chi connectivity index (χ0v) is 11.3. The summed E-state index contributed by atoms with van der Waals surface area (Å²) in [4.78, 5) is 12.8. The molecule has 0 spiro atoms. The highest BCUT2D eigenvalue weighted by molar-refractivity contribution is 6.05. The maximum atomic E-state index is 12.8. The molecule has 0 atom stereocenters. The van der Waals surface area contributed by atoms with Gasteiger partial charge < -0.3 is 9.47 Å². The fourth-order valence-electron chi connectivity index (χ4n) is 2.76. The molecule has 1 aromatic rings. The molecule has 3 nitrogen and oxygen atoms in total. The summed E-state index contributed by atoms with van der Waals surface area (Å²) >= 11 is 0. The number of hydrogen-bond acceptors (Lipinski definition) is 3. The van der Waals surface area contributed by atoms with Gasteiger partial charge in [-0.1, -0.05) is 25.8 Å². The number of rotatable bonds is 4. The summed E-state index contributed by atoms with van der Waals surface area (Å²) in [5, 5.41) is 0. The van der Waals surface area contributed by atoms with Crippen molar-refractivity contribution in [3.8, 4) is 11.5 Å². The fourth-order valence-corrected chi connectivity index (χ4v) is 2.76. The van der Waals surface area contributed by atoms with Crippen LogP contribution in [0.1, 0.15) is 43.0 Å². The van der Waals surface area contributed by atoms with E-state index in [4.69, 9.17) is 9.47 Å². The van der Waals surface area contributed by atoms with Crippen molar-refractivity contribution in [1.29, 1.82) is 0 Å². The molecule has 0 aromatic heterocycles. The number of carbonyl (C=O) groups excluding carboxylic acids is 1. The normalized spacial score (nSPS) is 17.5. The summed E-state index contributed by atoms with van der Waals surface area (Å²) in [6.07, 6.45) is 4.15. The van der Waals surface area contributed by atoms with Crippen molar-refractivity contribution >= 4 is 5.78 Å². The van der Waals surface area contributed by atoms with Crippen molar-refractivity contribution in [2.24, 2.45) is 5.41 Å². The highest BCUT2D eigenvalue weighted by Gasteiger charge is 2.39. The Bertz CT molecular complexity index is 423. The number of Topliss-reactive ketones (excluding diaryl/α,β-unsaturated/α-hetero) is 1. The molecule has 1 saturated carbocycles. The number of methoxy groups -OCH3 is 2. The first-order valence-electron chi connectivity index (χ1n) is 6.38. The number of carbonyl (C=O) groups is 1. The van der Waals surface area contributed by atoms with E-state index in [1.54, 1.807) is 14.2 Å². The highest BCUT2D eigenvalue weighted by atomic mass is 16.5. The molecular weight excluding hydrogens is 228 g/mol. The molecule has 3 heteroatoms. The lowest BCUT2D eigenvalue weighted by molar-refractivity contribution is 0.0816. The van der Waals surface area contributed by atoms with Crippen molar-refractivity contribution in [3.05, 3.63) is 23.8 Å². The van der Waals surface area contributed by atoms with Gasteiger partial charge >= 0.3 is 0 Å². The van der Waals surface area contributed by atoms with Crippen molar-refractivity contribution in [1.82, 2.24) is 0 Å². The quantitative estimate of drug-likeness (QED) is 0.765. The van der Waals surface area contributed by atoms with E-state index in [1.165, 1.54) is 0 Å². The molecule has 1 aliphatic carbocycles. The molecule has 1 aromatic carbocycles. The van der Waals surface area contributed by atoms with Gasteiger partial charge in [0.05, 0.1) is 14.2 Å². The zero-order chi connectivity index (χ0) is 13.2. The van der Waals surface area contributed by atoms with Crippen LogP contribution in [0.2, 0.25) is 0 Å². The zero-order valence-electron chi connectivity index (χ0n) is 11.3. The van der Waals surface area contributed by atoms with Crippen LogP contribution in [-0.2, 0) is 0 Å². The van der Waals surface area contributed by atoms with Crippen molar-refractivity contribution in [3.63, 3.8) is 0 Å². The van der Waals surface area contributed by atoms with Gasteiger partial charge in [0.25, 0.3) is 0 Å². The molecule has 0 aliphatic heterocycles. The summed E-state index contributed by atoms with van der Waals surface area (Å²) in [5.41, 5.74) is 0.328. The number of ketones is 1. The van der Waals surface area contributed by atoms with E-state index in [2.05, 4.69) is 0 Å². The van der Waals surface area contributed by atoms with Crippen LogP contribution >= 0.6 is 0 Å². The van der Waals surface area contributed by atoms with Gasteiger partial charge in [-0.05, 0) is 25.0 Å². The monoisotopic (exact) mass is 248 g/mol. The average molecular weight is 248 g/mol. The van der Waals surface area contributed by atoms with E-state index in [1.807, 2.05) is 25.1 Å². The van der Waals surface area contributed by atoms with Gasteiger partial charge in [0.2, 0.25) is 0 Å². The minimum absolute atomic E-state index is 0.148. The highest BCUT2D eigenvalue weighted by Crippen LogP contribution is 2.43. The molecule has 18 heavy (non-hydrogen) atoms. The van der Waals surface area contributed by atoms with Crippen molar-refractivity contribution in [2.75, 3.05) is 14.2 Å². The Labute approximate surface area is 108 Å². The second kappa shape index (κ2) is 5.01. The molecule has 0 radical (unpaired) electrons. The Hall–Kier alpha value is -1.51. The maximum absolute atomic E-state index is 12.8. The predicted octanol–water partition coefficient (Wildman–Crippen LogP) is 3.47. The molecule has 0 amide bonds. The van der Waals surface area contributed by atoms with Crippen LogP contribution in [0.5, 0.6) is 11.5 Å². The molecule has 0 N–H and O–H groups in total. The lowest BCUT2D eigenvalue weighted by Gasteiger charge is -2.24. The summed E-state index contributed by atoms with van der Waals surface area (Å²) in [7, 11) is 3.17. The summed E-state index contributed by atoms with van der Waals surface area (Å²) in [6, 6.07) is 5.47. The van der Waals surface area contributed by atoms with E-state index >= 15 is 0 Å². The Morgan fingerprint density at radius 2 is 1.61 bits per heavy atom. The van der Waals surface area contributed by atoms with Gasteiger partial charge in [0.15, 0.2) is 5.78 Å². The van der Waals surface area contributed by atoms with E-state index in [-0.39, 0.29) is 11.2 Å². The van der Waals surface area contributed by atoms with Gasteiger partial charge in [0.1, 0.15) is 17.1 Å². The maximum Gasteiger partial charge on any atom is 0.176 e. The van der Waals surface area contributed by atoms with Gasteiger partial charge in [-0.2, -0.15) is 0 Å². The van der Waals surface area contributed by atoms with Crippen LogP contribution in [-0.4, -0.2) is 20.0 Å². The Morgan fingerprint density at radius 3 is 2.06 bits per heavy atom. The first kappa shape index (κ1) is 12.9. The van der Waals surface area contributed by atoms with Crippen LogP contribution in [0.4, 0.5) is 0 Å². The average Bonchev–Trinajstić information content (AvgIpc) is 2.85. The number of ether oxygens (including phenoxy) is 2. The SMILES string of the molecule is COc1cccc(OC)c1C(=O)C1(C)CCCC1. The largest absolute Gasteiger partial charge is 0.496 e. The fraction of sp³-hybridized carbons (Fsp3) is 0.533. The molecule has 0 unspecified atom stereocenters. The minimum atomic E-state index is -0.262. The van der Waals surface area contributed by atoms with Crippen LogP contribution in [0.25, 0.3) is 0 Å². The van der Waals surface area contributed by atoms with Crippen LogP contribution < -0.4 is 9.47 Å². The second-order valence-electron chi connectivity index (χ2n) is 5.13. The smallest absolute Gasteiger partial charge is 0.176 e. The third-order valence-corrected chi connectivity index (χ3v) is 3.91. The third kappa shape index (κ3) is 2.09. The van der Waals surface area contributed by atoms with E-state index in [0.29, 0.717) is 17.1 Å². The first-order chi connectivity index (χ1) is 8.62. The van der Waals surface area contributed by atoms with Gasteiger partial charge in [-0.15, -0.1) is 0 Å². The van der Waals surface area contributed by atoms with E-state index in [0.717, 1.165) is 25.7 Å². The first-order valence-corrected chi connectivity index (χ1v) is 6.38. The molecule has 1 fully saturated rings. The molecule has 2 rings (SSSR count). The minimum Gasteiger partial charge on any atom is -0.496 e. The summed E-state index contributed by atoms with van der Waals surface area (Å²) < 4.78 is 10.6. The standard InChI is InChI=1S/C15H20O3/c1-15(9-4-5-10-15)14(16)13-11(17-2)7-6-8-12(13)18-3/h6-8H,4-5,9-10H2,1-3H3. The third-order valence-electron chi connectivity index (χ3n) is 3.91. The predicted molar refractivity (Wildman–Crippen MR) is 70.5 cm³/mol. The Morgan fingerprint density at radius 1 is 1.11 bits per heavy atom. The molecule has 0 bridgehead atoms. The number of hydrogen-bond donors (Lipinski definition) is 0. The Kier molecular flexibility index (Phi) is 3.60. The topological polar surface area (TPSA) is 35.5 Å². The van der Waals surface area contributed by atoms with Crippen LogP contribution in [0.15, 0.2) is 18.2 Å². The molecule has 98 valence electrons. The van der Waals surface area contributed by atoms with E-state index < -0.39 is 0 Å². The number of benzene rings is 1. The Balaban J connectivity index is 2.46. The summed E-state index contributed by atoms with van der Waals surface area (Å²) in [5.74, 6) is 1.36. The van der Waals surface area contributed by atoms with Crippen molar-refractivity contribution < 1.29 is 14.3 Å². The second-order valence-corrected chi connectivity index (χ2v) is 5.13. The summed E-state index contributed by atoms with van der Waals surface area (Å²) in [6.45, 7) is 2.05. The lowest BCUT2D eigenvalue weighted by Crippen LogP contribution is -2.25. The van der Waals surface area contributed by atoms with Gasteiger partial charge in [0, 0.05) is 5.41 Å². The van der Waals surface area contributed by atoms with Crippen LogP contribution in [0, 0.1) is 5.41 Å². The van der Waals surface area contributed by atoms with Gasteiger partial charge in [-0.25, -0.2) is 0 Å². The molecule has 0 saturated heterocycles. The molecule has 0 heterocycles. The van der Waals surface area contributed by atoms with Gasteiger partial charge in [-0.3, -0.25) is 4.79 Å². The van der Waals surface area contributed by atoms with Crippen LogP contribution in [0.3, 0.4) is 0 Å². The molecular formula is C15H20O3. The molecule has 1 aliphatic rings. The van der Waals surface area contributed by atoms with E-state index in [9.17, 15) is 4.79 Å². The van der Waals surface area contributed by atoms with Crippen molar-refractivity contribution in [2.45, 2.75) is 32.6 Å².